The van der Waals surface area contributed by atoms with Crippen LogP contribution in [0.1, 0.15) is 78.6 Å². The van der Waals surface area contributed by atoms with Crippen molar-refractivity contribution in [3.63, 3.8) is 0 Å². The maximum Gasteiger partial charge on any atom is 0.146 e. The summed E-state index contributed by atoms with van der Waals surface area (Å²) in [5.74, 6) is 4.46. The number of benzene rings is 1. The van der Waals surface area contributed by atoms with Gasteiger partial charge in [0.05, 0.1) is 5.69 Å². The van der Waals surface area contributed by atoms with Gasteiger partial charge in [-0.3, -0.25) is 0 Å². The van der Waals surface area contributed by atoms with E-state index in [0.717, 1.165) is 29.6 Å². The van der Waals surface area contributed by atoms with Crippen LogP contribution in [0, 0.1) is 46.2 Å². The maximum atomic E-state index is 14.3. The van der Waals surface area contributed by atoms with E-state index < -0.39 is 0 Å². The summed E-state index contributed by atoms with van der Waals surface area (Å²) in [5, 5.41) is 3.64. The van der Waals surface area contributed by atoms with Crippen LogP contribution in [0.4, 0.5) is 10.1 Å². The summed E-state index contributed by atoms with van der Waals surface area (Å²) in [6.07, 6.45) is 12.5. The summed E-state index contributed by atoms with van der Waals surface area (Å²) in [6.45, 7) is 7.66. The van der Waals surface area contributed by atoms with E-state index in [9.17, 15) is 4.39 Å². The van der Waals surface area contributed by atoms with E-state index in [4.69, 9.17) is 0 Å². The van der Waals surface area contributed by atoms with Crippen LogP contribution in [0.5, 0.6) is 0 Å². The first-order valence-electron chi connectivity index (χ1n) is 11.9. The Morgan fingerprint density at radius 2 is 1.64 bits per heavy atom. The molecule has 4 aliphatic rings. The van der Waals surface area contributed by atoms with E-state index in [2.05, 4.69) is 26.1 Å². The highest BCUT2D eigenvalue weighted by atomic mass is 19.1. The van der Waals surface area contributed by atoms with Crippen molar-refractivity contribution >= 4 is 5.69 Å². The molecule has 8 atom stereocenters. The first-order chi connectivity index (χ1) is 13.4. The maximum absolute atomic E-state index is 14.3. The van der Waals surface area contributed by atoms with Gasteiger partial charge in [-0.1, -0.05) is 39.3 Å². The lowest BCUT2D eigenvalue weighted by Gasteiger charge is -2.61. The molecule has 28 heavy (non-hydrogen) atoms. The molecule has 0 aromatic heterocycles. The number of nitrogens with one attached hydrogen (secondary N) is 1. The van der Waals surface area contributed by atoms with Crippen molar-refractivity contribution in [1.82, 2.24) is 0 Å². The molecule has 1 nitrogen and oxygen atoms in total. The summed E-state index contributed by atoms with van der Waals surface area (Å²) in [7, 11) is 0. The van der Waals surface area contributed by atoms with Gasteiger partial charge in [-0.05, 0) is 104 Å². The molecular weight excluding hydrogens is 345 g/mol. The highest BCUT2D eigenvalue weighted by molar-refractivity contribution is 5.46. The molecule has 0 bridgehead atoms. The fourth-order valence-corrected chi connectivity index (χ4v) is 8.48. The van der Waals surface area contributed by atoms with Gasteiger partial charge in [-0.25, -0.2) is 4.39 Å². The zero-order chi connectivity index (χ0) is 19.5. The summed E-state index contributed by atoms with van der Waals surface area (Å²) >= 11 is 0. The van der Waals surface area contributed by atoms with Crippen LogP contribution in [0.25, 0.3) is 0 Å². The minimum Gasteiger partial charge on any atom is -0.379 e. The van der Waals surface area contributed by atoms with Crippen LogP contribution in [-0.4, -0.2) is 6.04 Å². The summed E-state index contributed by atoms with van der Waals surface area (Å²) < 4.78 is 14.3. The Labute approximate surface area is 170 Å². The van der Waals surface area contributed by atoms with Crippen LogP contribution in [-0.2, 0) is 0 Å². The minimum atomic E-state index is -0.104. The van der Waals surface area contributed by atoms with Crippen molar-refractivity contribution in [2.45, 2.75) is 84.6 Å². The zero-order valence-corrected chi connectivity index (χ0v) is 18.0. The largest absolute Gasteiger partial charge is 0.379 e. The minimum absolute atomic E-state index is 0.104. The van der Waals surface area contributed by atoms with Crippen LogP contribution in [0.2, 0.25) is 0 Å². The Bertz CT molecular complexity index is 731. The Balaban J connectivity index is 1.37. The molecule has 5 rings (SSSR count). The molecule has 0 saturated heterocycles. The van der Waals surface area contributed by atoms with Gasteiger partial charge in [-0.15, -0.1) is 0 Å². The number of anilines is 1. The number of para-hydroxylation sites is 1. The van der Waals surface area contributed by atoms with E-state index in [-0.39, 0.29) is 5.82 Å². The van der Waals surface area contributed by atoms with Gasteiger partial charge in [0.25, 0.3) is 0 Å². The molecule has 6 unspecified atom stereocenters. The number of hydrogen-bond acceptors (Lipinski definition) is 1. The summed E-state index contributed by atoms with van der Waals surface area (Å²) in [6, 6.07) is 7.65. The molecule has 4 fully saturated rings. The lowest BCUT2D eigenvalue weighted by molar-refractivity contribution is -0.111. The molecule has 0 amide bonds. The van der Waals surface area contributed by atoms with E-state index in [0.29, 0.717) is 22.6 Å². The average Bonchev–Trinajstić information content (AvgIpc) is 3.01. The SMILES string of the molecule is CC1CCC2(C)C(CCC3C2CC[C@@]2(C)C3CC[C@@H]2Nc2ccccc2F)C1. The van der Waals surface area contributed by atoms with E-state index in [1.54, 1.807) is 12.1 Å². The number of halogens is 1. The molecule has 0 aliphatic heterocycles. The van der Waals surface area contributed by atoms with Gasteiger partial charge in [0.1, 0.15) is 5.82 Å². The number of rotatable bonds is 2. The molecular formula is C26H38FN. The zero-order valence-electron chi connectivity index (χ0n) is 18.0. The molecule has 1 N–H and O–H groups in total. The van der Waals surface area contributed by atoms with Gasteiger partial charge in [0.2, 0.25) is 0 Å². The molecule has 0 spiro atoms. The summed E-state index contributed by atoms with van der Waals surface area (Å²) in [5.41, 5.74) is 1.62. The standard InChI is InChI=1S/C26H38FN/c1-17-12-14-25(2)18(16-17)8-9-19-20-10-11-24(26(20,3)15-13-21(19)25)28-23-7-5-4-6-22(23)27/h4-7,17-21,24,28H,8-16H2,1-3H3/t17?,18?,19?,20?,21?,24-,25?,26-/m0/s1. The van der Waals surface area contributed by atoms with Crippen molar-refractivity contribution in [3.8, 4) is 0 Å². The second-order valence-electron chi connectivity index (χ2n) is 11.3. The van der Waals surface area contributed by atoms with Gasteiger partial charge in [0, 0.05) is 6.04 Å². The quantitative estimate of drug-likeness (QED) is 0.565. The molecule has 0 radical (unpaired) electrons. The fraction of sp³-hybridized carbons (Fsp3) is 0.769. The monoisotopic (exact) mass is 383 g/mol. The number of hydrogen-bond donors (Lipinski definition) is 1. The second kappa shape index (κ2) is 6.74. The van der Waals surface area contributed by atoms with Crippen LogP contribution < -0.4 is 5.32 Å². The first-order valence-corrected chi connectivity index (χ1v) is 11.9. The van der Waals surface area contributed by atoms with Crippen molar-refractivity contribution < 1.29 is 4.39 Å². The smallest absolute Gasteiger partial charge is 0.146 e. The van der Waals surface area contributed by atoms with Crippen LogP contribution in [0.3, 0.4) is 0 Å². The van der Waals surface area contributed by atoms with E-state index in [1.165, 1.54) is 57.8 Å². The Hall–Kier alpha value is -1.05. The highest BCUT2D eigenvalue weighted by Crippen LogP contribution is 2.66. The predicted octanol–water partition coefficient (Wildman–Crippen LogP) is 7.29. The van der Waals surface area contributed by atoms with Crippen molar-refractivity contribution in [2.75, 3.05) is 5.32 Å². The lowest BCUT2D eigenvalue weighted by Crippen LogP contribution is -2.54. The molecule has 2 heteroatoms. The lowest BCUT2D eigenvalue weighted by atomic mass is 9.44. The van der Waals surface area contributed by atoms with E-state index in [1.807, 2.05) is 12.1 Å². The molecule has 154 valence electrons. The van der Waals surface area contributed by atoms with Crippen LogP contribution >= 0.6 is 0 Å². The normalized spacial score (nSPS) is 47.7. The van der Waals surface area contributed by atoms with Crippen molar-refractivity contribution in [1.29, 1.82) is 0 Å². The van der Waals surface area contributed by atoms with E-state index >= 15 is 0 Å². The third-order valence-corrected chi connectivity index (χ3v) is 10.1. The van der Waals surface area contributed by atoms with Crippen molar-refractivity contribution in [3.05, 3.63) is 30.1 Å². The third kappa shape index (κ3) is 2.76. The van der Waals surface area contributed by atoms with Gasteiger partial charge < -0.3 is 5.32 Å². The summed E-state index contributed by atoms with van der Waals surface area (Å²) in [4.78, 5) is 0. The van der Waals surface area contributed by atoms with Crippen LogP contribution in [0.15, 0.2) is 24.3 Å². The van der Waals surface area contributed by atoms with Gasteiger partial charge >= 0.3 is 0 Å². The fourth-order valence-electron chi connectivity index (χ4n) is 8.48. The molecule has 1 aromatic carbocycles. The topological polar surface area (TPSA) is 12.0 Å². The predicted molar refractivity (Wildman–Crippen MR) is 115 cm³/mol. The Morgan fingerprint density at radius 1 is 0.893 bits per heavy atom. The average molecular weight is 384 g/mol. The van der Waals surface area contributed by atoms with Gasteiger partial charge in [0.15, 0.2) is 0 Å². The molecule has 0 heterocycles. The first kappa shape index (κ1) is 18.9. The molecule has 4 aliphatic carbocycles. The third-order valence-electron chi connectivity index (χ3n) is 10.1. The number of fused-ring (bicyclic) bond motifs is 5. The van der Waals surface area contributed by atoms with Crippen molar-refractivity contribution in [2.24, 2.45) is 40.4 Å². The molecule has 4 saturated carbocycles. The molecule has 1 aromatic rings. The Morgan fingerprint density at radius 3 is 2.46 bits per heavy atom. The second-order valence-corrected chi connectivity index (χ2v) is 11.3. The van der Waals surface area contributed by atoms with Gasteiger partial charge in [-0.2, -0.15) is 0 Å². The highest BCUT2D eigenvalue weighted by Gasteiger charge is 2.60. The Kier molecular flexibility index (Phi) is 4.56.